The Hall–Kier alpha value is -2.24. The number of hydrogen-bond acceptors (Lipinski definition) is 4. The van der Waals surface area contributed by atoms with Crippen LogP contribution in [0.2, 0.25) is 0 Å². The van der Waals surface area contributed by atoms with Gasteiger partial charge in [0.15, 0.2) is 5.78 Å². The van der Waals surface area contributed by atoms with E-state index in [0.717, 1.165) is 11.8 Å². The van der Waals surface area contributed by atoms with E-state index in [1.165, 1.54) is 16.8 Å². The van der Waals surface area contributed by atoms with Gasteiger partial charge in [-0.1, -0.05) is 6.92 Å². The molecular weight excluding hydrogens is 234 g/mol. The number of fused-ring (bicyclic) bond motifs is 1. The van der Waals surface area contributed by atoms with E-state index < -0.39 is 4.92 Å². The van der Waals surface area contributed by atoms with Crippen LogP contribution in [0.4, 0.5) is 5.69 Å². The van der Waals surface area contributed by atoms with Crippen LogP contribution in [0.5, 0.6) is 0 Å². The van der Waals surface area contributed by atoms with Crippen LogP contribution in [0, 0.1) is 10.1 Å². The minimum absolute atomic E-state index is 0.00666. The number of carbonyl (C=O) groups is 1. The lowest BCUT2D eigenvalue weighted by Crippen LogP contribution is -2.10. The molecule has 18 heavy (non-hydrogen) atoms. The van der Waals surface area contributed by atoms with Gasteiger partial charge in [0.1, 0.15) is 6.54 Å². The predicted octanol–water partition coefficient (Wildman–Crippen LogP) is 2.31. The molecule has 0 bridgehead atoms. The Kier molecular flexibility index (Phi) is 3.36. The van der Waals surface area contributed by atoms with E-state index in [-0.39, 0.29) is 18.0 Å². The van der Waals surface area contributed by atoms with Crippen LogP contribution in [0.1, 0.15) is 19.8 Å². The Bertz CT molecular complexity index is 604. The van der Waals surface area contributed by atoms with Crippen molar-refractivity contribution in [3.05, 3.63) is 34.5 Å². The minimum atomic E-state index is -0.454. The van der Waals surface area contributed by atoms with Gasteiger partial charge in [0.2, 0.25) is 0 Å². The molecule has 0 saturated carbocycles. The van der Waals surface area contributed by atoms with E-state index in [1.807, 2.05) is 6.92 Å². The first-order valence-corrected chi connectivity index (χ1v) is 5.73. The zero-order valence-electron chi connectivity index (χ0n) is 10.00. The molecule has 2 aromatic rings. The Morgan fingerprint density at radius 3 is 2.94 bits per heavy atom. The molecular formula is C12H13N3O3. The van der Waals surface area contributed by atoms with E-state index in [4.69, 9.17) is 0 Å². The smallest absolute Gasteiger partial charge is 0.271 e. The first-order chi connectivity index (χ1) is 8.61. The number of carbonyl (C=O) groups excluding carboxylic acids is 1. The van der Waals surface area contributed by atoms with Crippen molar-refractivity contribution in [2.45, 2.75) is 26.3 Å². The van der Waals surface area contributed by atoms with Gasteiger partial charge in [-0.25, -0.2) is 0 Å². The second kappa shape index (κ2) is 4.95. The summed E-state index contributed by atoms with van der Waals surface area (Å²) in [6.45, 7) is 2.10. The van der Waals surface area contributed by atoms with Gasteiger partial charge < -0.3 is 0 Å². The van der Waals surface area contributed by atoms with E-state index in [0.29, 0.717) is 11.9 Å². The first kappa shape index (κ1) is 12.2. The highest BCUT2D eigenvalue weighted by Crippen LogP contribution is 2.20. The molecule has 0 radical (unpaired) electrons. The lowest BCUT2D eigenvalue weighted by Gasteiger charge is -2.02. The van der Waals surface area contributed by atoms with Crippen molar-refractivity contribution in [1.29, 1.82) is 0 Å². The average Bonchev–Trinajstić information content (AvgIpc) is 2.72. The summed E-state index contributed by atoms with van der Waals surface area (Å²) in [5.74, 6) is 0.0778. The van der Waals surface area contributed by atoms with E-state index in [1.54, 1.807) is 12.3 Å². The highest BCUT2D eigenvalue weighted by Gasteiger charge is 2.11. The number of ketones is 1. The molecule has 0 amide bonds. The fourth-order valence-electron chi connectivity index (χ4n) is 1.82. The van der Waals surface area contributed by atoms with Gasteiger partial charge in [-0.3, -0.25) is 19.6 Å². The summed E-state index contributed by atoms with van der Waals surface area (Å²) in [4.78, 5) is 21.8. The number of nitro benzene ring substituents is 1. The van der Waals surface area contributed by atoms with Crippen LogP contribution in [0.15, 0.2) is 24.4 Å². The maximum absolute atomic E-state index is 11.6. The lowest BCUT2D eigenvalue weighted by atomic mass is 10.2. The van der Waals surface area contributed by atoms with Crippen LogP contribution in [0.25, 0.3) is 10.9 Å². The summed E-state index contributed by atoms with van der Waals surface area (Å²) in [5.41, 5.74) is 0.626. The molecule has 1 aromatic heterocycles. The minimum Gasteiger partial charge on any atom is -0.298 e. The van der Waals surface area contributed by atoms with E-state index >= 15 is 0 Å². The Labute approximate surface area is 103 Å². The van der Waals surface area contributed by atoms with Gasteiger partial charge in [-0.15, -0.1) is 0 Å². The quantitative estimate of drug-likeness (QED) is 0.600. The van der Waals surface area contributed by atoms with Crippen molar-refractivity contribution in [2.24, 2.45) is 0 Å². The highest BCUT2D eigenvalue weighted by molar-refractivity contribution is 5.84. The number of nitrogens with zero attached hydrogens (tertiary/aromatic N) is 3. The molecule has 0 aliphatic rings. The molecule has 0 aliphatic carbocycles. The lowest BCUT2D eigenvalue weighted by molar-refractivity contribution is -0.384. The summed E-state index contributed by atoms with van der Waals surface area (Å²) >= 11 is 0. The summed E-state index contributed by atoms with van der Waals surface area (Å²) in [5, 5.41) is 15.6. The summed E-state index contributed by atoms with van der Waals surface area (Å²) in [6.07, 6.45) is 2.90. The van der Waals surface area contributed by atoms with Crippen LogP contribution in [-0.2, 0) is 11.3 Å². The molecule has 0 saturated heterocycles. The van der Waals surface area contributed by atoms with Crippen molar-refractivity contribution in [3.63, 3.8) is 0 Å². The van der Waals surface area contributed by atoms with Crippen LogP contribution < -0.4 is 0 Å². The monoisotopic (exact) mass is 247 g/mol. The van der Waals surface area contributed by atoms with Crippen molar-refractivity contribution in [2.75, 3.05) is 0 Å². The molecule has 94 valence electrons. The molecule has 6 nitrogen and oxygen atoms in total. The van der Waals surface area contributed by atoms with Gasteiger partial charge in [0.05, 0.1) is 16.6 Å². The summed E-state index contributed by atoms with van der Waals surface area (Å²) < 4.78 is 1.51. The van der Waals surface area contributed by atoms with Crippen molar-refractivity contribution in [3.8, 4) is 0 Å². The molecule has 1 aromatic carbocycles. The second-order valence-corrected chi connectivity index (χ2v) is 4.09. The highest BCUT2D eigenvalue weighted by atomic mass is 16.6. The molecule has 0 spiro atoms. The van der Waals surface area contributed by atoms with Crippen molar-refractivity contribution >= 4 is 22.4 Å². The number of benzene rings is 1. The number of non-ortho nitro benzene ring substituents is 1. The number of hydrogen-bond donors (Lipinski definition) is 0. The molecule has 0 atom stereocenters. The molecule has 1 heterocycles. The van der Waals surface area contributed by atoms with Gasteiger partial charge in [0, 0.05) is 23.9 Å². The van der Waals surface area contributed by atoms with Crippen molar-refractivity contribution < 1.29 is 9.72 Å². The van der Waals surface area contributed by atoms with Gasteiger partial charge in [-0.05, 0) is 12.5 Å². The number of nitro groups is 1. The maximum atomic E-state index is 11.6. The SMILES string of the molecule is CCCC(=O)Cn1ncc2ccc([N+](=O)[O-])cc21. The summed E-state index contributed by atoms with van der Waals surface area (Å²) in [6, 6.07) is 4.52. The summed E-state index contributed by atoms with van der Waals surface area (Å²) in [7, 11) is 0. The van der Waals surface area contributed by atoms with Crippen LogP contribution in [-0.4, -0.2) is 20.5 Å². The number of aromatic nitrogens is 2. The topological polar surface area (TPSA) is 78.0 Å². The fourth-order valence-corrected chi connectivity index (χ4v) is 1.82. The molecule has 2 rings (SSSR count). The normalized spacial score (nSPS) is 10.7. The van der Waals surface area contributed by atoms with Gasteiger partial charge >= 0.3 is 0 Å². The van der Waals surface area contributed by atoms with E-state index in [9.17, 15) is 14.9 Å². The number of rotatable bonds is 5. The Morgan fingerprint density at radius 1 is 1.50 bits per heavy atom. The zero-order valence-corrected chi connectivity index (χ0v) is 10.00. The third kappa shape index (κ3) is 2.37. The Morgan fingerprint density at radius 2 is 2.28 bits per heavy atom. The molecule has 0 aliphatic heterocycles. The van der Waals surface area contributed by atoms with Gasteiger partial charge in [0.25, 0.3) is 5.69 Å². The van der Waals surface area contributed by atoms with E-state index in [2.05, 4.69) is 5.10 Å². The van der Waals surface area contributed by atoms with Crippen LogP contribution in [0.3, 0.4) is 0 Å². The Balaban J connectivity index is 2.36. The first-order valence-electron chi connectivity index (χ1n) is 5.73. The average molecular weight is 247 g/mol. The second-order valence-electron chi connectivity index (χ2n) is 4.09. The van der Waals surface area contributed by atoms with Gasteiger partial charge in [-0.2, -0.15) is 5.10 Å². The maximum Gasteiger partial charge on any atom is 0.271 e. The zero-order chi connectivity index (χ0) is 13.1. The molecule has 0 N–H and O–H groups in total. The fraction of sp³-hybridized carbons (Fsp3) is 0.333. The number of Topliss-reactive ketones (excluding diaryl/α,β-unsaturated/α-hetero) is 1. The standard InChI is InChI=1S/C12H13N3O3/c1-2-3-11(16)8-14-12-6-10(15(17)18)5-4-9(12)7-13-14/h4-7H,2-3,8H2,1H3. The van der Waals surface area contributed by atoms with Crippen LogP contribution >= 0.6 is 0 Å². The molecule has 0 unspecified atom stereocenters. The largest absolute Gasteiger partial charge is 0.298 e. The predicted molar refractivity (Wildman–Crippen MR) is 66.3 cm³/mol. The molecule has 6 heteroatoms. The van der Waals surface area contributed by atoms with Crippen molar-refractivity contribution in [1.82, 2.24) is 9.78 Å². The third-order valence-electron chi connectivity index (χ3n) is 2.69. The molecule has 0 fully saturated rings. The third-order valence-corrected chi connectivity index (χ3v) is 2.69.